The van der Waals surface area contributed by atoms with Crippen molar-refractivity contribution in [3.8, 4) is 0 Å². The average molecular weight is 343 g/mol. The fourth-order valence-corrected chi connectivity index (χ4v) is 8.00. The highest BCUT2D eigenvalue weighted by Gasteiger charge is 2.57. The first-order valence-electron chi connectivity index (χ1n) is 6.72. The van der Waals surface area contributed by atoms with Crippen LogP contribution in [0, 0.1) is 0 Å². The Hall–Kier alpha value is -0.790. The van der Waals surface area contributed by atoms with Crippen LogP contribution in [0.25, 0.3) is 0 Å². The van der Waals surface area contributed by atoms with Crippen molar-refractivity contribution in [2.24, 2.45) is 0 Å². The van der Waals surface area contributed by atoms with Gasteiger partial charge in [0, 0.05) is 25.5 Å². The highest BCUT2D eigenvalue weighted by molar-refractivity contribution is 8.24. The van der Waals surface area contributed by atoms with Crippen molar-refractivity contribution < 1.29 is 8.42 Å². The van der Waals surface area contributed by atoms with Crippen LogP contribution in [0.2, 0.25) is 0 Å². The number of fused-ring (bicyclic) bond motifs is 1. The molecule has 0 radical (unpaired) electrons. The Labute approximate surface area is 135 Å². The van der Waals surface area contributed by atoms with E-state index in [4.69, 9.17) is 12.2 Å². The quantitative estimate of drug-likeness (QED) is 0.767. The molecule has 2 aliphatic heterocycles. The van der Waals surface area contributed by atoms with Crippen LogP contribution in [0.4, 0.5) is 11.4 Å². The Morgan fingerprint density at radius 2 is 2.14 bits per heavy atom. The van der Waals surface area contributed by atoms with Gasteiger partial charge in [-0.1, -0.05) is 30.0 Å². The zero-order chi connectivity index (χ0) is 15.4. The van der Waals surface area contributed by atoms with Crippen LogP contribution >= 0.6 is 24.0 Å². The van der Waals surface area contributed by atoms with Gasteiger partial charge in [-0.2, -0.15) is 0 Å². The normalized spacial score (nSPS) is 30.5. The van der Waals surface area contributed by atoms with Crippen LogP contribution in [-0.4, -0.2) is 49.1 Å². The molecule has 0 saturated carbocycles. The van der Waals surface area contributed by atoms with Gasteiger partial charge < -0.3 is 9.80 Å². The molecule has 1 aromatic carbocycles. The largest absolute Gasteiger partial charge is 0.378 e. The molecule has 0 N–H and O–H groups in total. The molecule has 2 aliphatic rings. The Kier molecular flexibility index (Phi) is 3.50. The van der Waals surface area contributed by atoms with Crippen LogP contribution in [0.5, 0.6) is 0 Å². The van der Waals surface area contributed by atoms with E-state index in [0.29, 0.717) is 0 Å². The lowest BCUT2D eigenvalue weighted by Crippen LogP contribution is -2.49. The van der Waals surface area contributed by atoms with Crippen LogP contribution in [0.3, 0.4) is 0 Å². The first-order chi connectivity index (χ1) is 9.73. The molecular formula is C14H18N2O2S3. The second-order valence-corrected chi connectivity index (χ2v) is 9.98. The molecule has 3 rings (SSSR count). The molecule has 0 bridgehead atoms. The first-order valence-corrected chi connectivity index (χ1v) is 9.82. The Morgan fingerprint density at radius 3 is 2.81 bits per heavy atom. The van der Waals surface area contributed by atoms with Crippen molar-refractivity contribution in [3.05, 3.63) is 24.3 Å². The number of rotatable bonds is 2. The van der Waals surface area contributed by atoms with Crippen LogP contribution < -0.4 is 9.80 Å². The average Bonchev–Trinajstić information content (AvgIpc) is 2.72. The lowest BCUT2D eigenvalue weighted by Gasteiger charge is -2.34. The molecule has 1 aromatic rings. The van der Waals surface area contributed by atoms with E-state index in [-0.39, 0.29) is 16.8 Å². The van der Waals surface area contributed by atoms with Crippen molar-refractivity contribution in [3.63, 3.8) is 0 Å². The second-order valence-electron chi connectivity index (χ2n) is 6.03. The van der Waals surface area contributed by atoms with Gasteiger partial charge in [-0.3, -0.25) is 0 Å². The summed E-state index contributed by atoms with van der Waals surface area (Å²) in [4.78, 5) is 4.07. The van der Waals surface area contributed by atoms with E-state index in [2.05, 4.69) is 6.07 Å². The highest BCUT2D eigenvalue weighted by atomic mass is 32.2. The summed E-state index contributed by atoms with van der Waals surface area (Å²) in [5.74, 6) is 0.391. The van der Waals surface area contributed by atoms with E-state index in [1.54, 1.807) is 0 Å². The molecular weight excluding hydrogens is 324 g/mol. The number of sulfone groups is 1. The minimum Gasteiger partial charge on any atom is -0.378 e. The summed E-state index contributed by atoms with van der Waals surface area (Å²) in [6, 6.07) is 8.07. The van der Waals surface area contributed by atoms with Gasteiger partial charge in [0.1, 0.15) is 4.32 Å². The number of anilines is 2. The summed E-state index contributed by atoms with van der Waals surface area (Å²) in [7, 11) is 0.986. The maximum Gasteiger partial charge on any atom is 0.153 e. The Morgan fingerprint density at radius 1 is 1.43 bits per heavy atom. The Balaban J connectivity index is 2.05. The SMILES string of the molecule is CN(C)c1cccc(N2C(=S)SC3CS(=O)(=O)CC32C)c1. The summed E-state index contributed by atoms with van der Waals surface area (Å²) in [5.41, 5.74) is 1.61. The predicted octanol–water partition coefficient (Wildman–Crippen LogP) is 2.15. The van der Waals surface area contributed by atoms with Gasteiger partial charge in [-0.05, 0) is 25.1 Å². The molecule has 21 heavy (non-hydrogen) atoms. The number of hydrogen-bond donors (Lipinski definition) is 0. The molecule has 2 unspecified atom stereocenters. The zero-order valence-electron chi connectivity index (χ0n) is 12.2. The first kappa shape index (κ1) is 15.1. The monoisotopic (exact) mass is 342 g/mol. The highest BCUT2D eigenvalue weighted by Crippen LogP contribution is 2.48. The Bertz CT molecular complexity index is 702. The van der Waals surface area contributed by atoms with Crippen molar-refractivity contribution in [2.45, 2.75) is 17.7 Å². The number of hydrogen-bond acceptors (Lipinski definition) is 5. The van der Waals surface area contributed by atoms with Crippen LogP contribution in [0.15, 0.2) is 24.3 Å². The van der Waals surface area contributed by atoms with Crippen molar-refractivity contribution in [1.29, 1.82) is 0 Å². The molecule has 114 valence electrons. The van der Waals surface area contributed by atoms with Gasteiger partial charge in [-0.15, -0.1) is 0 Å². The lowest BCUT2D eigenvalue weighted by molar-refractivity contribution is 0.550. The second kappa shape index (κ2) is 4.86. The number of thioether (sulfide) groups is 1. The van der Waals surface area contributed by atoms with E-state index in [0.717, 1.165) is 15.7 Å². The summed E-state index contributed by atoms with van der Waals surface area (Å²) in [5, 5.41) is 0.0259. The summed E-state index contributed by atoms with van der Waals surface area (Å²) >= 11 is 7.03. The summed E-state index contributed by atoms with van der Waals surface area (Å²) in [6.07, 6.45) is 0. The third kappa shape index (κ3) is 2.45. The summed E-state index contributed by atoms with van der Waals surface area (Å²) in [6.45, 7) is 2.01. The maximum absolute atomic E-state index is 12.0. The fourth-order valence-electron chi connectivity index (χ4n) is 3.07. The summed E-state index contributed by atoms with van der Waals surface area (Å²) < 4.78 is 24.8. The van der Waals surface area contributed by atoms with Gasteiger partial charge in [-0.25, -0.2) is 8.42 Å². The minimum atomic E-state index is -2.99. The fraction of sp³-hybridized carbons (Fsp3) is 0.500. The molecule has 4 nitrogen and oxygen atoms in total. The van der Waals surface area contributed by atoms with E-state index in [9.17, 15) is 8.42 Å². The minimum absolute atomic E-state index is 0.0259. The van der Waals surface area contributed by atoms with Crippen molar-refractivity contribution >= 4 is 49.5 Å². The molecule has 0 amide bonds. The van der Waals surface area contributed by atoms with E-state index >= 15 is 0 Å². The van der Waals surface area contributed by atoms with Gasteiger partial charge in [0.2, 0.25) is 0 Å². The van der Waals surface area contributed by atoms with Gasteiger partial charge in [0.25, 0.3) is 0 Å². The van der Waals surface area contributed by atoms with Crippen molar-refractivity contribution in [2.75, 3.05) is 35.4 Å². The predicted molar refractivity (Wildman–Crippen MR) is 94.3 cm³/mol. The maximum atomic E-state index is 12.0. The van der Waals surface area contributed by atoms with E-state index in [1.165, 1.54) is 11.8 Å². The molecule has 0 aromatic heterocycles. The number of thiocarbonyl (C=S) groups is 1. The third-order valence-electron chi connectivity index (χ3n) is 4.15. The third-order valence-corrected chi connectivity index (χ3v) is 8.04. The molecule has 2 saturated heterocycles. The smallest absolute Gasteiger partial charge is 0.153 e. The van der Waals surface area contributed by atoms with E-state index < -0.39 is 15.4 Å². The molecule has 2 heterocycles. The van der Waals surface area contributed by atoms with E-state index in [1.807, 2.05) is 49.0 Å². The molecule has 7 heteroatoms. The topological polar surface area (TPSA) is 40.6 Å². The van der Waals surface area contributed by atoms with Crippen LogP contribution in [-0.2, 0) is 9.84 Å². The van der Waals surface area contributed by atoms with Gasteiger partial charge in [0.15, 0.2) is 9.84 Å². The number of nitrogens with zero attached hydrogens (tertiary/aromatic N) is 2. The number of benzene rings is 1. The van der Waals surface area contributed by atoms with Crippen molar-refractivity contribution in [1.82, 2.24) is 0 Å². The lowest BCUT2D eigenvalue weighted by atomic mass is 9.98. The van der Waals surface area contributed by atoms with Gasteiger partial charge in [0.05, 0.1) is 22.3 Å². The molecule has 2 fully saturated rings. The standard InChI is InChI=1S/C14H18N2O2S3/c1-14-9-21(17,18)8-12(14)20-13(19)16(14)11-6-4-5-10(7-11)15(2)3/h4-7,12H,8-9H2,1-3H3. The van der Waals surface area contributed by atoms with Gasteiger partial charge >= 0.3 is 0 Å². The molecule has 2 atom stereocenters. The van der Waals surface area contributed by atoms with Crippen LogP contribution in [0.1, 0.15) is 6.92 Å². The molecule has 0 aliphatic carbocycles. The molecule has 0 spiro atoms. The zero-order valence-corrected chi connectivity index (χ0v) is 14.7.